The van der Waals surface area contributed by atoms with Crippen molar-refractivity contribution in [3.63, 3.8) is 0 Å². The smallest absolute Gasteiger partial charge is 0.243 e. The van der Waals surface area contributed by atoms with Crippen LogP contribution in [-0.4, -0.2) is 48.2 Å². The molecule has 2 aliphatic heterocycles. The lowest BCUT2D eigenvalue weighted by molar-refractivity contribution is -0.0688. The average Bonchev–Trinajstić information content (AvgIpc) is 2.79. The standard InChI is InChI=1S/C21H21ClF3NO6S2/c1-12(23)34(29,30)26-10-18-15-11-32-20-17(25)7-6-16(24)19(20)21(15,8-9-31-18)33(27,28)14-4-2-13(22)3-5-14/h2-7,12,15,18,26H,8-11H2,1H3/t12?,15-,18-,21-/m0/s1. The van der Waals surface area contributed by atoms with Gasteiger partial charge in [-0.15, -0.1) is 0 Å². The first-order valence-corrected chi connectivity index (χ1v) is 13.7. The number of hydrogen-bond donors (Lipinski definition) is 1. The molecule has 0 bridgehead atoms. The van der Waals surface area contributed by atoms with Crippen LogP contribution in [0, 0.1) is 17.6 Å². The first-order chi connectivity index (χ1) is 15.9. The van der Waals surface area contributed by atoms with Crippen LogP contribution in [0.25, 0.3) is 0 Å². The van der Waals surface area contributed by atoms with Gasteiger partial charge in [-0.05, 0) is 49.7 Å². The molecule has 0 amide bonds. The Balaban J connectivity index is 1.90. The molecule has 7 nitrogen and oxygen atoms in total. The van der Waals surface area contributed by atoms with E-state index in [4.69, 9.17) is 21.1 Å². The molecule has 2 aliphatic rings. The molecule has 2 heterocycles. The van der Waals surface area contributed by atoms with Crippen molar-refractivity contribution < 1.29 is 39.5 Å². The maximum atomic E-state index is 15.3. The van der Waals surface area contributed by atoms with Crippen LogP contribution in [0.3, 0.4) is 0 Å². The molecular weight excluding hydrogens is 519 g/mol. The number of hydrogen-bond acceptors (Lipinski definition) is 6. The number of halogens is 4. The highest BCUT2D eigenvalue weighted by Crippen LogP contribution is 2.55. The molecule has 4 rings (SSSR count). The van der Waals surface area contributed by atoms with E-state index >= 15 is 4.39 Å². The lowest BCUT2D eigenvalue weighted by atomic mass is 9.76. The maximum Gasteiger partial charge on any atom is 0.243 e. The molecule has 0 saturated carbocycles. The van der Waals surface area contributed by atoms with Gasteiger partial charge in [0, 0.05) is 24.1 Å². The van der Waals surface area contributed by atoms with E-state index in [9.17, 15) is 25.6 Å². The van der Waals surface area contributed by atoms with Gasteiger partial charge in [0.25, 0.3) is 0 Å². The van der Waals surface area contributed by atoms with E-state index in [0.717, 1.165) is 19.1 Å². The SMILES string of the molecule is CC(F)S(=O)(=O)NC[C@@H]1OCC[C@@]2(S(=O)(=O)c3ccc(Cl)cc3)c3c(F)ccc(F)c3OC[C@@H]12. The molecule has 2 aromatic rings. The van der Waals surface area contributed by atoms with Crippen molar-refractivity contribution in [3.05, 3.63) is 58.6 Å². The topological polar surface area (TPSA) is 98.8 Å². The third-order valence-electron chi connectivity index (χ3n) is 6.26. The lowest BCUT2D eigenvalue weighted by Gasteiger charge is -2.50. The Kier molecular flexibility index (Phi) is 6.66. The minimum absolute atomic E-state index is 0.183. The van der Waals surface area contributed by atoms with Crippen molar-refractivity contribution in [1.29, 1.82) is 0 Å². The summed E-state index contributed by atoms with van der Waals surface area (Å²) in [4.78, 5) is -0.183. The highest BCUT2D eigenvalue weighted by molar-refractivity contribution is 7.92. The Hall–Kier alpha value is -1.86. The van der Waals surface area contributed by atoms with Crippen LogP contribution in [0.2, 0.25) is 5.02 Å². The third kappa shape index (κ3) is 3.98. The maximum absolute atomic E-state index is 15.3. The van der Waals surface area contributed by atoms with E-state index in [1.807, 2.05) is 0 Å². The van der Waals surface area contributed by atoms with Gasteiger partial charge in [0.05, 0.1) is 23.2 Å². The normalized spacial score (nSPS) is 25.7. The molecular formula is C21H21ClF3NO6S2. The van der Waals surface area contributed by atoms with Crippen LogP contribution in [0.1, 0.15) is 18.9 Å². The summed E-state index contributed by atoms with van der Waals surface area (Å²) < 4.78 is 107. The van der Waals surface area contributed by atoms with Crippen molar-refractivity contribution in [2.24, 2.45) is 5.92 Å². The first kappa shape index (κ1) is 25.2. The molecule has 4 atom stereocenters. The van der Waals surface area contributed by atoms with E-state index in [1.54, 1.807) is 0 Å². The Morgan fingerprint density at radius 2 is 1.76 bits per heavy atom. The summed E-state index contributed by atoms with van der Waals surface area (Å²) in [6, 6.07) is 6.88. The third-order valence-corrected chi connectivity index (χ3v) is 10.5. The van der Waals surface area contributed by atoms with Gasteiger partial charge in [-0.25, -0.2) is 34.7 Å². The Morgan fingerprint density at radius 1 is 1.12 bits per heavy atom. The van der Waals surface area contributed by atoms with Crippen molar-refractivity contribution in [3.8, 4) is 5.75 Å². The number of fused-ring (bicyclic) bond motifs is 3. The van der Waals surface area contributed by atoms with Gasteiger partial charge in [0.2, 0.25) is 15.5 Å². The van der Waals surface area contributed by atoms with Crippen LogP contribution in [0.5, 0.6) is 5.75 Å². The molecule has 13 heteroatoms. The lowest BCUT2D eigenvalue weighted by Crippen LogP contribution is -2.59. The molecule has 34 heavy (non-hydrogen) atoms. The second-order valence-corrected chi connectivity index (χ2v) is 12.8. The predicted molar refractivity (Wildman–Crippen MR) is 118 cm³/mol. The number of benzene rings is 2. The molecule has 1 unspecified atom stereocenters. The minimum Gasteiger partial charge on any atom is -0.490 e. The number of sulfonamides is 1. The fourth-order valence-electron chi connectivity index (χ4n) is 4.56. The average molecular weight is 540 g/mol. The molecule has 0 spiro atoms. The van der Waals surface area contributed by atoms with Gasteiger partial charge >= 0.3 is 0 Å². The van der Waals surface area contributed by atoms with E-state index in [0.29, 0.717) is 0 Å². The zero-order valence-corrected chi connectivity index (χ0v) is 20.2. The molecule has 0 aromatic heterocycles. The summed E-state index contributed by atoms with van der Waals surface area (Å²) >= 11 is 5.90. The second kappa shape index (κ2) is 8.98. The van der Waals surface area contributed by atoms with E-state index in [1.165, 1.54) is 24.3 Å². The van der Waals surface area contributed by atoms with Crippen molar-refractivity contribution in [2.45, 2.75) is 34.6 Å². The van der Waals surface area contributed by atoms with Crippen molar-refractivity contribution in [2.75, 3.05) is 19.8 Å². The van der Waals surface area contributed by atoms with E-state index in [-0.39, 0.29) is 22.9 Å². The Labute approximate surface area is 200 Å². The highest BCUT2D eigenvalue weighted by Gasteiger charge is 2.61. The number of nitrogens with one attached hydrogen (secondary N) is 1. The van der Waals surface area contributed by atoms with Gasteiger partial charge in [-0.1, -0.05) is 11.6 Å². The monoisotopic (exact) mass is 539 g/mol. The molecule has 0 aliphatic carbocycles. The van der Waals surface area contributed by atoms with Crippen LogP contribution in [0.4, 0.5) is 13.2 Å². The number of rotatable bonds is 6. The van der Waals surface area contributed by atoms with E-state index < -0.39 is 78.2 Å². The van der Waals surface area contributed by atoms with Gasteiger partial charge in [0.1, 0.15) is 10.6 Å². The molecule has 2 aromatic carbocycles. The summed E-state index contributed by atoms with van der Waals surface area (Å²) in [6.07, 6.45) is -1.39. The largest absolute Gasteiger partial charge is 0.490 e. The summed E-state index contributed by atoms with van der Waals surface area (Å²) in [5.74, 6) is -3.59. The Morgan fingerprint density at radius 3 is 2.41 bits per heavy atom. The van der Waals surface area contributed by atoms with Crippen LogP contribution >= 0.6 is 11.6 Å². The second-order valence-electron chi connectivity index (χ2n) is 8.09. The molecule has 186 valence electrons. The minimum atomic E-state index is -4.43. The molecule has 1 fully saturated rings. The van der Waals surface area contributed by atoms with Gasteiger partial charge < -0.3 is 9.47 Å². The van der Waals surface area contributed by atoms with Crippen LogP contribution < -0.4 is 9.46 Å². The van der Waals surface area contributed by atoms with E-state index in [2.05, 4.69) is 4.72 Å². The number of alkyl halides is 1. The molecule has 1 saturated heterocycles. The molecule has 0 radical (unpaired) electrons. The van der Waals surface area contributed by atoms with Crippen molar-refractivity contribution >= 4 is 31.5 Å². The summed E-state index contributed by atoms with van der Waals surface area (Å²) in [7, 11) is -8.79. The fourth-order valence-corrected chi connectivity index (χ4v) is 7.66. The van der Waals surface area contributed by atoms with Gasteiger partial charge in [0.15, 0.2) is 21.4 Å². The van der Waals surface area contributed by atoms with Crippen LogP contribution in [-0.2, 0) is 29.3 Å². The Bertz CT molecular complexity index is 1300. The zero-order chi connectivity index (χ0) is 24.9. The quantitative estimate of drug-likeness (QED) is 0.605. The molecule has 1 N–H and O–H groups in total. The predicted octanol–water partition coefficient (Wildman–Crippen LogP) is 3.32. The summed E-state index contributed by atoms with van der Waals surface area (Å²) in [5.41, 5.74) is -2.71. The number of sulfone groups is 1. The van der Waals surface area contributed by atoms with Crippen LogP contribution in [0.15, 0.2) is 41.3 Å². The van der Waals surface area contributed by atoms with Crippen molar-refractivity contribution in [1.82, 2.24) is 4.72 Å². The highest BCUT2D eigenvalue weighted by atomic mass is 35.5. The number of ether oxygens (including phenoxy) is 2. The van der Waals surface area contributed by atoms with Gasteiger partial charge in [-0.2, -0.15) is 0 Å². The fraction of sp³-hybridized carbons (Fsp3) is 0.429. The van der Waals surface area contributed by atoms with Gasteiger partial charge in [-0.3, -0.25) is 0 Å². The zero-order valence-electron chi connectivity index (χ0n) is 17.8. The summed E-state index contributed by atoms with van der Waals surface area (Å²) in [6.45, 7) is -0.277. The summed E-state index contributed by atoms with van der Waals surface area (Å²) in [5, 5.41) is 0.275. The first-order valence-electron chi connectivity index (χ1n) is 10.3.